The Labute approximate surface area is 180 Å². The van der Waals surface area contributed by atoms with Crippen LogP contribution in [-0.2, 0) is 12.8 Å². The van der Waals surface area contributed by atoms with Gasteiger partial charge in [0.2, 0.25) is 0 Å². The number of hydrogen-bond donors (Lipinski definition) is 1. The molecule has 155 valence electrons. The molecule has 1 radical (unpaired) electrons. The average Bonchev–Trinajstić information content (AvgIpc) is 2.77. The number of aromatic nitrogens is 1. The van der Waals surface area contributed by atoms with Crippen LogP contribution in [0.1, 0.15) is 16.7 Å². The van der Waals surface area contributed by atoms with Gasteiger partial charge in [-0.25, -0.2) is 4.98 Å². The number of nitrogen functional groups attached to an aromatic ring is 1. The molecular weight excluding hydrogens is 368 g/mol. The highest BCUT2D eigenvalue weighted by molar-refractivity contribution is 5.62. The number of nitrogens with zero attached hydrogens (tertiary/aromatic N) is 3. The lowest BCUT2D eigenvalue weighted by molar-refractivity contribution is 0.134. The molecule has 2 heterocycles. The Hall–Kier alpha value is -2.69. The highest BCUT2D eigenvalue weighted by Crippen LogP contribution is 2.20. The second-order valence-corrected chi connectivity index (χ2v) is 8.20. The molecule has 2 N–H and O–H groups in total. The monoisotopic (exact) mass is 399 g/mol. The van der Waals surface area contributed by atoms with Gasteiger partial charge in [0.05, 0.1) is 5.69 Å². The minimum Gasteiger partial charge on any atom is -0.383 e. The van der Waals surface area contributed by atoms with Gasteiger partial charge in [-0.2, -0.15) is 0 Å². The molecule has 0 spiro atoms. The summed E-state index contributed by atoms with van der Waals surface area (Å²) in [5, 5.41) is 0. The van der Waals surface area contributed by atoms with Crippen molar-refractivity contribution in [1.29, 1.82) is 0 Å². The first-order chi connectivity index (χ1) is 14.7. The SMILES string of the molecule is Cc1[c]c(N)nc(-c2ccc(CCN3CCN(CCc4ccccc4)CC3)cc2)c1. The smallest absolute Gasteiger partial charge is 0.132 e. The van der Waals surface area contributed by atoms with Gasteiger partial charge in [0.25, 0.3) is 0 Å². The van der Waals surface area contributed by atoms with Gasteiger partial charge in [-0.05, 0) is 42.5 Å². The highest BCUT2D eigenvalue weighted by Gasteiger charge is 2.16. The van der Waals surface area contributed by atoms with Gasteiger partial charge in [-0.1, -0.05) is 54.6 Å². The van der Waals surface area contributed by atoms with Gasteiger partial charge in [0, 0.05) is 50.9 Å². The normalized spacial score (nSPS) is 15.4. The van der Waals surface area contributed by atoms with E-state index in [1.54, 1.807) is 0 Å². The quantitative estimate of drug-likeness (QED) is 0.656. The molecular formula is C26H31N4. The molecule has 3 aromatic rings. The summed E-state index contributed by atoms with van der Waals surface area (Å²) < 4.78 is 0. The lowest BCUT2D eigenvalue weighted by atomic mass is 10.1. The van der Waals surface area contributed by atoms with E-state index in [0.29, 0.717) is 5.82 Å². The molecule has 1 fully saturated rings. The summed E-state index contributed by atoms with van der Waals surface area (Å²) >= 11 is 0. The van der Waals surface area contributed by atoms with Crippen LogP contribution < -0.4 is 5.73 Å². The molecule has 30 heavy (non-hydrogen) atoms. The minimum atomic E-state index is 0.456. The van der Waals surface area contributed by atoms with Crippen molar-refractivity contribution in [3.63, 3.8) is 0 Å². The van der Waals surface area contributed by atoms with Crippen molar-refractivity contribution >= 4 is 5.82 Å². The van der Waals surface area contributed by atoms with Crippen molar-refractivity contribution in [2.75, 3.05) is 45.0 Å². The maximum atomic E-state index is 5.84. The van der Waals surface area contributed by atoms with Crippen LogP contribution in [0.15, 0.2) is 60.7 Å². The van der Waals surface area contributed by atoms with Gasteiger partial charge < -0.3 is 15.5 Å². The lowest BCUT2D eigenvalue weighted by Crippen LogP contribution is -2.47. The first-order valence-electron chi connectivity index (χ1n) is 10.9. The van der Waals surface area contributed by atoms with Crippen LogP contribution in [0, 0.1) is 13.0 Å². The fraction of sp³-hybridized carbons (Fsp3) is 0.346. The zero-order valence-corrected chi connectivity index (χ0v) is 17.8. The van der Waals surface area contributed by atoms with Gasteiger partial charge in [0.15, 0.2) is 0 Å². The molecule has 0 atom stereocenters. The number of piperazine rings is 1. The number of nitrogens with two attached hydrogens (primary N) is 1. The van der Waals surface area contributed by atoms with E-state index < -0.39 is 0 Å². The second-order valence-electron chi connectivity index (χ2n) is 8.20. The van der Waals surface area contributed by atoms with Gasteiger partial charge in [0.1, 0.15) is 5.82 Å². The van der Waals surface area contributed by atoms with Crippen LogP contribution in [-0.4, -0.2) is 54.1 Å². The summed E-state index contributed by atoms with van der Waals surface area (Å²) in [6.45, 7) is 8.95. The fourth-order valence-corrected chi connectivity index (χ4v) is 4.08. The number of benzene rings is 2. The summed E-state index contributed by atoms with van der Waals surface area (Å²) in [6, 6.07) is 24.6. The topological polar surface area (TPSA) is 45.4 Å². The third kappa shape index (κ3) is 5.68. The van der Waals surface area contributed by atoms with E-state index in [9.17, 15) is 0 Å². The largest absolute Gasteiger partial charge is 0.383 e. The first kappa shape index (κ1) is 20.6. The Morgan fingerprint density at radius 3 is 1.97 bits per heavy atom. The van der Waals surface area contributed by atoms with Crippen LogP contribution in [0.25, 0.3) is 11.3 Å². The molecule has 1 aromatic heterocycles. The zero-order chi connectivity index (χ0) is 20.8. The van der Waals surface area contributed by atoms with Crippen LogP contribution in [0.3, 0.4) is 0 Å². The van der Waals surface area contributed by atoms with Crippen LogP contribution in [0.5, 0.6) is 0 Å². The van der Waals surface area contributed by atoms with E-state index >= 15 is 0 Å². The Balaban J connectivity index is 1.22. The average molecular weight is 400 g/mol. The molecule has 0 unspecified atom stereocenters. The van der Waals surface area contributed by atoms with Crippen LogP contribution >= 0.6 is 0 Å². The second kappa shape index (κ2) is 9.88. The summed E-state index contributed by atoms with van der Waals surface area (Å²) in [6.07, 6.45) is 2.23. The van der Waals surface area contributed by atoms with Crippen molar-refractivity contribution in [3.05, 3.63) is 83.4 Å². The van der Waals surface area contributed by atoms with Crippen LogP contribution in [0.4, 0.5) is 5.82 Å². The molecule has 4 heteroatoms. The fourth-order valence-electron chi connectivity index (χ4n) is 4.08. The molecule has 1 saturated heterocycles. The van der Waals surface area contributed by atoms with E-state index in [-0.39, 0.29) is 0 Å². The highest BCUT2D eigenvalue weighted by atomic mass is 15.3. The molecule has 1 aliphatic heterocycles. The van der Waals surface area contributed by atoms with Crippen LogP contribution in [0.2, 0.25) is 0 Å². The molecule has 4 nitrogen and oxygen atoms in total. The summed E-state index contributed by atoms with van der Waals surface area (Å²) in [7, 11) is 0. The van der Waals surface area contributed by atoms with E-state index in [2.05, 4.69) is 75.4 Å². The maximum Gasteiger partial charge on any atom is 0.132 e. The Morgan fingerprint density at radius 2 is 1.40 bits per heavy atom. The van der Waals surface area contributed by atoms with Crippen molar-refractivity contribution < 1.29 is 0 Å². The zero-order valence-electron chi connectivity index (χ0n) is 17.8. The number of rotatable bonds is 7. The number of anilines is 1. The maximum absolute atomic E-state index is 5.84. The number of pyridine rings is 1. The number of aryl methyl sites for hydroxylation is 1. The summed E-state index contributed by atoms with van der Waals surface area (Å²) in [5.41, 5.74) is 11.7. The Morgan fingerprint density at radius 1 is 0.833 bits per heavy atom. The van der Waals surface area contributed by atoms with Gasteiger partial charge in [-0.3, -0.25) is 0 Å². The predicted octanol–water partition coefficient (Wildman–Crippen LogP) is 3.84. The van der Waals surface area contributed by atoms with E-state index in [1.807, 2.05) is 13.0 Å². The molecule has 0 amide bonds. The van der Waals surface area contributed by atoms with Gasteiger partial charge >= 0.3 is 0 Å². The van der Waals surface area contributed by atoms with E-state index in [0.717, 1.165) is 55.8 Å². The van der Waals surface area contributed by atoms with Crippen molar-refractivity contribution in [2.24, 2.45) is 0 Å². The lowest BCUT2D eigenvalue weighted by Gasteiger charge is -2.34. The van der Waals surface area contributed by atoms with E-state index in [4.69, 9.17) is 5.73 Å². The Kier molecular flexibility index (Phi) is 6.77. The summed E-state index contributed by atoms with van der Waals surface area (Å²) in [4.78, 5) is 9.59. The molecule has 4 rings (SSSR count). The standard InChI is InChI=1S/C26H31N4/c1-21-19-25(28-26(27)20-21)24-9-7-23(8-10-24)12-14-30-17-15-29(16-18-30)13-11-22-5-3-2-4-6-22/h2-10,19H,11-18H2,1H3,(H2,27,28). The Bertz CT molecular complexity index is 909. The minimum absolute atomic E-state index is 0.456. The molecule has 1 aliphatic rings. The first-order valence-corrected chi connectivity index (χ1v) is 10.9. The third-order valence-corrected chi connectivity index (χ3v) is 5.91. The molecule has 0 bridgehead atoms. The number of hydrogen-bond acceptors (Lipinski definition) is 4. The van der Waals surface area contributed by atoms with Crippen molar-refractivity contribution in [1.82, 2.24) is 14.8 Å². The third-order valence-electron chi connectivity index (χ3n) is 5.91. The predicted molar refractivity (Wildman–Crippen MR) is 124 cm³/mol. The van der Waals surface area contributed by atoms with Crippen molar-refractivity contribution in [3.8, 4) is 11.3 Å². The molecule has 0 aliphatic carbocycles. The summed E-state index contributed by atoms with van der Waals surface area (Å²) in [5.74, 6) is 0.456. The molecule has 2 aromatic carbocycles. The van der Waals surface area contributed by atoms with Gasteiger partial charge in [-0.15, -0.1) is 0 Å². The van der Waals surface area contributed by atoms with Crippen molar-refractivity contribution in [2.45, 2.75) is 19.8 Å². The molecule has 0 saturated carbocycles. The van der Waals surface area contributed by atoms with E-state index in [1.165, 1.54) is 24.2 Å².